The average molecular weight is 265 g/mol. The van der Waals surface area contributed by atoms with Gasteiger partial charge in [0, 0.05) is 31.5 Å². The first-order valence-electron chi connectivity index (χ1n) is 6.49. The summed E-state index contributed by atoms with van der Waals surface area (Å²) < 4.78 is 5.19. The number of anilines is 2. The van der Waals surface area contributed by atoms with E-state index in [1.54, 1.807) is 7.11 Å². The topological polar surface area (TPSA) is 76.4 Å². The highest BCUT2D eigenvalue weighted by Crippen LogP contribution is 2.15. The maximum Gasteiger partial charge on any atom is 0.221 e. The summed E-state index contributed by atoms with van der Waals surface area (Å²) in [6, 6.07) is 7.87. The highest BCUT2D eigenvalue weighted by atomic mass is 16.5. The normalized spacial score (nSPS) is 11.9. The quantitative estimate of drug-likeness (QED) is 0.670. The average Bonchev–Trinajstić information content (AvgIpc) is 2.38. The molecule has 0 spiro atoms. The molecular weight excluding hydrogens is 242 g/mol. The fraction of sp³-hybridized carbons (Fsp3) is 0.500. The Morgan fingerprint density at radius 2 is 1.95 bits per heavy atom. The molecule has 0 saturated heterocycles. The Bertz CT molecular complexity index is 379. The van der Waals surface area contributed by atoms with Gasteiger partial charge in [0.05, 0.1) is 6.61 Å². The van der Waals surface area contributed by atoms with Crippen molar-refractivity contribution in [2.24, 2.45) is 5.73 Å². The molecule has 0 fully saturated rings. The van der Waals surface area contributed by atoms with E-state index in [-0.39, 0.29) is 11.9 Å². The van der Waals surface area contributed by atoms with Crippen molar-refractivity contribution in [3.63, 3.8) is 0 Å². The number of hydrogen-bond acceptors (Lipinski definition) is 4. The highest BCUT2D eigenvalue weighted by Gasteiger charge is 2.07. The summed E-state index contributed by atoms with van der Waals surface area (Å²) >= 11 is 0. The molecule has 5 nitrogen and oxygen atoms in total. The Morgan fingerprint density at radius 3 is 2.47 bits per heavy atom. The van der Waals surface area contributed by atoms with Crippen LogP contribution in [0.5, 0.6) is 0 Å². The number of benzene rings is 1. The monoisotopic (exact) mass is 265 g/mol. The summed E-state index contributed by atoms with van der Waals surface area (Å²) in [6.45, 7) is 2.82. The van der Waals surface area contributed by atoms with Crippen LogP contribution in [0, 0.1) is 0 Å². The van der Waals surface area contributed by atoms with Crippen LogP contribution in [0.3, 0.4) is 0 Å². The van der Waals surface area contributed by atoms with E-state index in [0.29, 0.717) is 13.2 Å². The van der Waals surface area contributed by atoms with Crippen molar-refractivity contribution in [1.29, 1.82) is 0 Å². The largest absolute Gasteiger partial charge is 0.383 e. The lowest BCUT2D eigenvalue weighted by Gasteiger charge is -2.19. The summed E-state index contributed by atoms with van der Waals surface area (Å²) in [5, 5.41) is 6.14. The molecule has 106 valence electrons. The second kappa shape index (κ2) is 8.50. The molecule has 1 rings (SSSR count). The minimum Gasteiger partial charge on any atom is -0.383 e. The summed E-state index contributed by atoms with van der Waals surface area (Å²) in [5.41, 5.74) is 7.33. The highest BCUT2D eigenvalue weighted by molar-refractivity contribution is 5.88. The van der Waals surface area contributed by atoms with Gasteiger partial charge >= 0.3 is 0 Å². The van der Waals surface area contributed by atoms with E-state index in [4.69, 9.17) is 10.5 Å². The van der Waals surface area contributed by atoms with Crippen LogP contribution < -0.4 is 16.4 Å². The van der Waals surface area contributed by atoms with Crippen LogP contribution in [-0.2, 0) is 9.53 Å². The molecule has 4 N–H and O–H groups in total. The van der Waals surface area contributed by atoms with Crippen LogP contribution in [0.2, 0.25) is 0 Å². The van der Waals surface area contributed by atoms with Crippen molar-refractivity contribution < 1.29 is 9.53 Å². The second-order valence-electron chi connectivity index (χ2n) is 4.49. The van der Waals surface area contributed by atoms with Crippen LogP contribution in [0.4, 0.5) is 11.4 Å². The second-order valence-corrected chi connectivity index (χ2v) is 4.49. The SMILES string of the molecule is COCC(CCCN)Nc1ccc(NC(C)=O)cc1. The van der Waals surface area contributed by atoms with Crippen LogP contribution in [0.15, 0.2) is 24.3 Å². The Kier molecular flexibility index (Phi) is 6.92. The first-order chi connectivity index (χ1) is 9.15. The van der Waals surface area contributed by atoms with Gasteiger partial charge in [-0.3, -0.25) is 4.79 Å². The minimum atomic E-state index is -0.0686. The van der Waals surface area contributed by atoms with Crippen molar-refractivity contribution in [3.8, 4) is 0 Å². The zero-order chi connectivity index (χ0) is 14.1. The number of ether oxygens (including phenoxy) is 1. The van der Waals surface area contributed by atoms with Gasteiger partial charge in [-0.15, -0.1) is 0 Å². The predicted octanol–water partition coefficient (Wildman–Crippen LogP) is 1.81. The molecule has 0 aliphatic carbocycles. The maximum absolute atomic E-state index is 10.9. The number of rotatable bonds is 8. The van der Waals surface area contributed by atoms with Crippen LogP contribution >= 0.6 is 0 Å². The van der Waals surface area contributed by atoms with Crippen molar-refractivity contribution in [2.75, 3.05) is 30.9 Å². The third-order valence-electron chi connectivity index (χ3n) is 2.70. The predicted molar refractivity (Wildman–Crippen MR) is 78.3 cm³/mol. The van der Waals surface area contributed by atoms with Gasteiger partial charge in [-0.25, -0.2) is 0 Å². The summed E-state index contributed by atoms with van der Waals surface area (Å²) in [4.78, 5) is 10.9. The van der Waals surface area contributed by atoms with E-state index in [0.717, 1.165) is 24.2 Å². The van der Waals surface area contributed by atoms with Gasteiger partial charge in [-0.05, 0) is 43.7 Å². The fourth-order valence-corrected chi connectivity index (χ4v) is 1.85. The third-order valence-corrected chi connectivity index (χ3v) is 2.70. The first kappa shape index (κ1) is 15.5. The van der Waals surface area contributed by atoms with E-state index in [9.17, 15) is 4.79 Å². The van der Waals surface area contributed by atoms with E-state index in [2.05, 4.69) is 10.6 Å². The summed E-state index contributed by atoms with van der Waals surface area (Å²) in [7, 11) is 1.69. The zero-order valence-corrected chi connectivity index (χ0v) is 11.6. The van der Waals surface area contributed by atoms with E-state index < -0.39 is 0 Å². The van der Waals surface area contributed by atoms with Crippen LogP contribution in [0.1, 0.15) is 19.8 Å². The lowest BCUT2D eigenvalue weighted by Crippen LogP contribution is -2.25. The smallest absolute Gasteiger partial charge is 0.221 e. The van der Waals surface area contributed by atoms with Gasteiger partial charge in [0.2, 0.25) is 5.91 Å². The zero-order valence-electron chi connectivity index (χ0n) is 11.6. The Morgan fingerprint density at radius 1 is 1.32 bits per heavy atom. The van der Waals surface area contributed by atoms with Crippen molar-refractivity contribution in [2.45, 2.75) is 25.8 Å². The molecule has 1 aromatic carbocycles. The van der Waals surface area contributed by atoms with Crippen molar-refractivity contribution in [1.82, 2.24) is 0 Å². The first-order valence-corrected chi connectivity index (χ1v) is 6.49. The Hall–Kier alpha value is -1.59. The lowest BCUT2D eigenvalue weighted by atomic mass is 10.1. The Balaban J connectivity index is 2.55. The van der Waals surface area contributed by atoms with Gasteiger partial charge < -0.3 is 21.1 Å². The molecule has 0 bridgehead atoms. The molecule has 0 radical (unpaired) electrons. The molecule has 0 aliphatic heterocycles. The molecule has 0 heterocycles. The van der Waals surface area contributed by atoms with Gasteiger partial charge in [-0.2, -0.15) is 0 Å². The number of nitrogens with one attached hydrogen (secondary N) is 2. The molecule has 1 amide bonds. The summed E-state index contributed by atoms with van der Waals surface area (Å²) in [5.74, 6) is -0.0686. The van der Waals surface area contributed by atoms with E-state index in [1.807, 2.05) is 24.3 Å². The molecule has 0 aromatic heterocycles. The molecule has 19 heavy (non-hydrogen) atoms. The standard InChI is InChI=1S/C14H23N3O2/c1-11(18)16-12-5-7-13(8-6-12)17-14(10-19-2)4-3-9-15/h5-8,14,17H,3-4,9-10,15H2,1-2H3,(H,16,18). The van der Waals surface area contributed by atoms with Crippen molar-refractivity contribution >= 4 is 17.3 Å². The van der Waals surface area contributed by atoms with Gasteiger partial charge in [0.25, 0.3) is 0 Å². The number of nitrogens with two attached hydrogens (primary N) is 1. The molecule has 1 atom stereocenters. The van der Waals surface area contributed by atoms with Gasteiger partial charge in [-0.1, -0.05) is 0 Å². The molecule has 1 unspecified atom stereocenters. The number of methoxy groups -OCH3 is 1. The Labute approximate surface area is 114 Å². The van der Waals surface area contributed by atoms with Crippen LogP contribution in [0.25, 0.3) is 0 Å². The maximum atomic E-state index is 10.9. The molecule has 1 aromatic rings. The molecule has 0 aliphatic rings. The number of hydrogen-bond donors (Lipinski definition) is 3. The third kappa shape index (κ3) is 6.22. The van der Waals surface area contributed by atoms with Gasteiger partial charge in [0.1, 0.15) is 0 Å². The number of carbonyl (C=O) groups is 1. The van der Waals surface area contributed by atoms with E-state index >= 15 is 0 Å². The molecular formula is C14H23N3O2. The van der Waals surface area contributed by atoms with Gasteiger partial charge in [0.15, 0.2) is 0 Å². The minimum absolute atomic E-state index is 0.0686. The van der Waals surface area contributed by atoms with Crippen LogP contribution in [-0.4, -0.2) is 32.2 Å². The lowest BCUT2D eigenvalue weighted by molar-refractivity contribution is -0.114. The summed E-state index contributed by atoms with van der Waals surface area (Å²) in [6.07, 6.45) is 1.93. The van der Waals surface area contributed by atoms with Crippen molar-refractivity contribution in [3.05, 3.63) is 24.3 Å². The number of amides is 1. The fourth-order valence-electron chi connectivity index (χ4n) is 1.85. The molecule has 5 heteroatoms. The number of carbonyl (C=O) groups excluding carboxylic acids is 1. The van der Waals surface area contributed by atoms with E-state index in [1.165, 1.54) is 6.92 Å². The molecule has 0 saturated carbocycles.